The fraction of sp³-hybridized carbons (Fsp3) is 0.517. The van der Waals surface area contributed by atoms with Gasteiger partial charge in [0.15, 0.2) is 0 Å². The lowest BCUT2D eigenvalue weighted by atomic mass is 10.1. The number of sulfonamides is 1. The van der Waals surface area contributed by atoms with E-state index < -0.39 is 57.1 Å². The zero-order valence-electron chi connectivity index (χ0n) is 23.7. The maximum absolute atomic E-state index is 14.1. The smallest absolute Gasteiger partial charge is 0.411 e. The van der Waals surface area contributed by atoms with E-state index in [9.17, 15) is 22.8 Å². The van der Waals surface area contributed by atoms with E-state index in [1.54, 1.807) is 33.0 Å². The van der Waals surface area contributed by atoms with Gasteiger partial charge in [-0.25, -0.2) is 27.7 Å². The molecule has 4 atom stereocenters. The van der Waals surface area contributed by atoms with Gasteiger partial charge in [0.05, 0.1) is 11.8 Å². The van der Waals surface area contributed by atoms with Crippen LogP contribution >= 0.6 is 0 Å². The molecule has 0 spiro atoms. The average molecular weight is 585 g/mol. The van der Waals surface area contributed by atoms with E-state index in [1.807, 2.05) is 31.2 Å². The number of imide groups is 1. The van der Waals surface area contributed by atoms with E-state index in [2.05, 4.69) is 16.3 Å². The Balaban J connectivity index is 1.44. The molecule has 4 unspecified atom stereocenters. The highest BCUT2D eigenvalue weighted by atomic mass is 32.2. The van der Waals surface area contributed by atoms with E-state index in [0.29, 0.717) is 25.1 Å². The van der Waals surface area contributed by atoms with Crippen molar-refractivity contribution in [2.24, 2.45) is 5.92 Å². The van der Waals surface area contributed by atoms with E-state index >= 15 is 0 Å². The first-order valence-electron chi connectivity index (χ1n) is 13.8. The number of aromatic nitrogens is 1. The van der Waals surface area contributed by atoms with Gasteiger partial charge in [-0.3, -0.25) is 14.6 Å². The van der Waals surface area contributed by atoms with Crippen LogP contribution in [0.4, 0.5) is 9.59 Å². The van der Waals surface area contributed by atoms with Gasteiger partial charge in [-0.05, 0) is 69.9 Å². The molecule has 2 aliphatic carbocycles. The van der Waals surface area contributed by atoms with Crippen LogP contribution in [0.25, 0.3) is 10.8 Å². The third-order valence-electron chi connectivity index (χ3n) is 7.51. The van der Waals surface area contributed by atoms with E-state index in [-0.39, 0.29) is 18.9 Å². The predicted molar refractivity (Wildman–Crippen MR) is 152 cm³/mol. The molecule has 0 bridgehead atoms. The van der Waals surface area contributed by atoms with Gasteiger partial charge in [0.1, 0.15) is 17.7 Å². The van der Waals surface area contributed by atoms with Crippen molar-refractivity contribution < 1.29 is 32.3 Å². The third-order valence-corrected chi connectivity index (χ3v) is 9.32. The van der Waals surface area contributed by atoms with Crippen molar-refractivity contribution in [3.63, 3.8) is 0 Å². The molecular formula is C29H36N4O7S. The Bertz CT molecular complexity index is 1490. The Morgan fingerprint density at radius 1 is 1.17 bits per heavy atom. The Morgan fingerprint density at radius 2 is 1.90 bits per heavy atom. The summed E-state index contributed by atoms with van der Waals surface area (Å²) in [7, 11) is -3.91. The highest BCUT2D eigenvalue weighted by molar-refractivity contribution is 7.90. The van der Waals surface area contributed by atoms with Gasteiger partial charge in [0.25, 0.3) is 5.91 Å². The molecular weight excluding hydrogens is 548 g/mol. The topological polar surface area (TPSA) is 135 Å². The first-order chi connectivity index (χ1) is 19.3. The predicted octanol–water partition coefficient (Wildman–Crippen LogP) is 3.90. The number of rotatable bonds is 7. The van der Waals surface area contributed by atoms with Crippen molar-refractivity contribution >= 4 is 38.8 Å². The van der Waals surface area contributed by atoms with Crippen molar-refractivity contribution in [2.75, 3.05) is 6.54 Å². The number of benzene rings is 1. The van der Waals surface area contributed by atoms with Crippen molar-refractivity contribution in [3.05, 3.63) is 48.7 Å². The summed E-state index contributed by atoms with van der Waals surface area (Å²) in [5.74, 6) is -0.483. The normalized spacial score (nSPS) is 24.0. The van der Waals surface area contributed by atoms with E-state index in [0.717, 1.165) is 21.2 Å². The number of fused-ring (bicyclic) bond motifs is 1. The molecule has 1 aromatic heterocycles. The Labute approximate surface area is 239 Å². The molecule has 2 heterocycles. The molecule has 3 aliphatic rings. The molecule has 2 aromatic rings. The molecule has 11 nitrogen and oxygen atoms in total. The Hall–Kier alpha value is -3.67. The number of hydrogen-bond donors (Lipinski definition) is 1. The standard InChI is InChI=1S/C29H36N4O7S/c1-6-18-14-22(18)33(27(35)31-41(37,38)21-10-11-21)26(34)23-15-20(16-32(23)28(36)40-29(3,4)5)39-25-24-17(2)8-7-9-19(24)12-13-30-25/h6-9,12-13,18,20-23H,1,10-11,14-16H2,2-5H3,(H,31,35). The molecule has 4 amide bonds. The number of aryl methyl sites for hydroxylation is 1. The second kappa shape index (κ2) is 10.6. The molecule has 1 saturated heterocycles. The minimum Gasteiger partial charge on any atom is -0.472 e. The zero-order chi connectivity index (χ0) is 29.7. The number of nitrogens with zero attached hydrogens (tertiary/aromatic N) is 3. The molecule has 1 aliphatic heterocycles. The lowest BCUT2D eigenvalue weighted by Crippen LogP contribution is -2.55. The summed E-state index contributed by atoms with van der Waals surface area (Å²) in [5.41, 5.74) is 0.127. The van der Waals surface area contributed by atoms with E-state index in [4.69, 9.17) is 9.47 Å². The maximum Gasteiger partial charge on any atom is 0.411 e. The van der Waals surface area contributed by atoms with Crippen LogP contribution in [0.15, 0.2) is 43.1 Å². The summed E-state index contributed by atoms with van der Waals surface area (Å²) in [6.45, 7) is 10.9. The first kappa shape index (κ1) is 28.8. The molecule has 3 fully saturated rings. The molecule has 0 radical (unpaired) electrons. The number of carbonyl (C=O) groups is 3. The van der Waals surface area contributed by atoms with Gasteiger partial charge >= 0.3 is 12.1 Å². The second-order valence-corrected chi connectivity index (χ2v) is 13.9. The number of likely N-dealkylation sites (tertiary alicyclic amines) is 1. The van der Waals surface area contributed by atoms with Gasteiger partial charge in [-0.15, -0.1) is 6.58 Å². The summed E-state index contributed by atoms with van der Waals surface area (Å²) in [6.07, 6.45) is 3.35. The van der Waals surface area contributed by atoms with Crippen molar-refractivity contribution in [3.8, 4) is 5.88 Å². The number of urea groups is 1. The fourth-order valence-electron chi connectivity index (χ4n) is 5.22. The Morgan fingerprint density at radius 3 is 2.54 bits per heavy atom. The molecule has 1 aromatic carbocycles. The number of amides is 4. The summed E-state index contributed by atoms with van der Waals surface area (Å²) in [4.78, 5) is 47.3. The van der Waals surface area contributed by atoms with Crippen LogP contribution < -0.4 is 9.46 Å². The van der Waals surface area contributed by atoms with Crippen LogP contribution in [0.3, 0.4) is 0 Å². The van der Waals surface area contributed by atoms with Gasteiger partial charge in [-0.2, -0.15) is 0 Å². The fourth-order valence-corrected chi connectivity index (χ4v) is 6.48. The van der Waals surface area contributed by atoms with Crippen LogP contribution in [0, 0.1) is 12.8 Å². The van der Waals surface area contributed by atoms with Crippen molar-refractivity contribution in [1.29, 1.82) is 0 Å². The summed E-state index contributed by atoms with van der Waals surface area (Å²) < 4.78 is 39.1. The largest absolute Gasteiger partial charge is 0.472 e. The van der Waals surface area contributed by atoms with Crippen molar-refractivity contribution in [2.45, 2.75) is 82.4 Å². The number of hydrogen-bond acceptors (Lipinski definition) is 8. The van der Waals surface area contributed by atoms with Crippen LogP contribution in [-0.2, 0) is 19.6 Å². The van der Waals surface area contributed by atoms with Crippen LogP contribution in [-0.4, -0.2) is 76.8 Å². The van der Waals surface area contributed by atoms with E-state index in [1.165, 1.54) is 4.90 Å². The molecule has 5 rings (SSSR count). The average Bonchev–Trinajstić information content (AvgIpc) is 3.81. The highest BCUT2D eigenvalue weighted by Crippen LogP contribution is 2.39. The lowest BCUT2D eigenvalue weighted by molar-refractivity contribution is -0.133. The summed E-state index contributed by atoms with van der Waals surface area (Å²) in [5, 5.41) is 1.12. The van der Waals surface area contributed by atoms with Crippen LogP contribution in [0.1, 0.15) is 52.0 Å². The minimum atomic E-state index is -3.91. The van der Waals surface area contributed by atoms with Gasteiger partial charge in [0.2, 0.25) is 15.9 Å². The van der Waals surface area contributed by atoms with Crippen LogP contribution in [0.5, 0.6) is 5.88 Å². The quantitative estimate of drug-likeness (QED) is 0.484. The second-order valence-electron chi connectivity index (χ2n) is 12.0. The SMILES string of the molecule is C=CC1CC1N(C(=O)NS(=O)(=O)C1CC1)C(=O)C1CC(Oc2nccc3cccc(C)c23)CN1C(=O)OC(C)(C)C. The lowest BCUT2D eigenvalue weighted by Gasteiger charge is -2.30. The monoisotopic (exact) mass is 584 g/mol. The number of pyridine rings is 1. The Kier molecular flexibility index (Phi) is 7.47. The molecule has 41 heavy (non-hydrogen) atoms. The molecule has 220 valence electrons. The number of ether oxygens (including phenoxy) is 2. The molecule has 12 heteroatoms. The van der Waals surface area contributed by atoms with Crippen LogP contribution in [0.2, 0.25) is 0 Å². The molecule has 1 N–H and O–H groups in total. The summed E-state index contributed by atoms with van der Waals surface area (Å²) in [6, 6.07) is 5.01. The van der Waals surface area contributed by atoms with Gasteiger partial charge in [-0.1, -0.05) is 24.3 Å². The number of nitrogens with one attached hydrogen (secondary N) is 1. The number of carbonyl (C=O) groups excluding carboxylic acids is 3. The van der Waals surface area contributed by atoms with Crippen molar-refractivity contribution in [1.82, 2.24) is 19.5 Å². The highest BCUT2D eigenvalue weighted by Gasteiger charge is 2.52. The molecule has 2 saturated carbocycles. The third kappa shape index (κ3) is 6.17. The van der Waals surface area contributed by atoms with Gasteiger partial charge < -0.3 is 9.47 Å². The van der Waals surface area contributed by atoms with Gasteiger partial charge in [0, 0.05) is 24.0 Å². The summed E-state index contributed by atoms with van der Waals surface area (Å²) >= 11 is 0. The maximum atomic E-state index is 14.1. The minimum absolute atomic E-state index is 0.0145. The zero-order valence-corrected chi connectivity index (χ0v) is 24.5. The first-order valence-corrected chi connectivity index (χ1v) is 15.4.